The van der Waals surface area contributed by atoms with Crippen molar-refractivity contribution in [1.82, 2.24) is 19.4 Å². The molecule has 1 aromatic carbocycles. The van der Waals surface area contributed by atoms with Crippen molar-refractivity contribution in [2.45, 2.75) is 19.8 Å². The molecule has 180 valence electrons. The molecule has 0 bridgehead atoms. The van der Waals surface area contributed by atoms with E-state index in [0.29, 0.717) is 12.4 Å². The highest BCUT2D eigenvalue weighted by Gasteiger charge is 2.18. The Labute approximate surface area is 203 Å². The van der Waals surface area contributed by atoms with Crippen LogP contribution >= 0.6 is 0 Å². The van der Waals surface area contributed by atoms with E-state index in [4.69, 9.17) is 19.2 Å². The van der Waals surface area contributed by atoms with Gasteiger partial charge in [-0.2, -0.15) is 0 Å². The number of rotatable bonds is 6. The number of hydrogen-bond acceptors (Lipinski definition) is 8. The molecule has 1 N–H and O–H groups in total. The van der Waals surface area contributed by atoms with Crippen LogP contribution in [0.1, 0.15) is 18.9 Å². The van der Waals surface area contributed by atoms with E-state index in [0.717, 1.165) is 91.2 Å². The Morgan fingerprint density at radius 2 is 2.03 bits per heavy atom. The summed E-state index contributed by atoms with van der Waals surface area (Å²) in [5, 5.41) is 3.47. The highest BCUT2D eigenvalue weighted by atomic mass is 16.5. The molecule has 6 rings (SSSR count). The number of fused-ring (bicyclic) bond motifs is 2. The summed E-state index contributed by atoms with van der Waals surface area (Å²) in [6.07, 6.45) is 9.47. The number of benzene rings is 1. The van der Waals surface area contributed by atoms with Crippen molar-refractivity contribution in [3.05, 3.63) is 54.6 Å². The van der Waals surface area contributed by atoms with Gasteiger partial charge < -0.3 is 28.8 Å². The van der Waals surface area contributed by atoms with Crippen molar-refractivity contribution < 1.29 is 14.2 Å². The van der Waals surface area contributed by atoms with Gasteiger partial charge in [0, 0.05) is 60.8 Å². The van der Waals surface area contributed by atoms with Crippen LogP contribution in [-0.2, 0) is 11.2 Å². The molecule has 0 amide bonds. The number of nitrogens with zero attached hydrogens (tertiary/aromatic N) is 5. The zero-order chi connectivity index (χ0) is 23.6. The van der Waals surface area contributed by atoms with Gasteiger partial charge >= 0.3 is 0 Å². The van der Waals surface area contributed by atoms with Crippen LogP contribution in [-0.4, -0.2) is 58.9 Å². The average molecular weight is 473 g/mol. The van der Waals surface area contributed by atoms with Gasteiger partial charge in [0.2, 0.25) is 5.88 Å². The molecular formula is C26H28N6O3. The summed E-state index contributed by atoms with van der Waals surface area (Å²) in [6, 6.07) is 8.30. The van der Waals surface area contributed by atoms with E-state index in [-0.39, 0.29) is 0 Å². The summed E-state index contributed by atoms with van der Waals surface area (Å²) >= 11 is 0. The fourth-order valence-electron chi connectivity index (χ4n) is 4.60. The molecule has 1 saturated heterocycles. The van der Waals surface area contributed by atoms with Gasteiger partial charge in [-0.3, -0.25) is 0 Å². The van der Waals surface area contributed by atoms with Crippen LogP contribution in [0.2, 0.25) is 0 Å². The molecule has 0 spiro atoms. The van der Waals surface area contributed by atoms with Crippen molar-refractivity contribution in [2.75, 3.05) is 49.7 Å². The van der Waals surface area contributed by atoms with E-state index in [1.807, 2.05) is 36.0 Å². The Hall–Kier alpha value is -3.85. The zero-order valence-corrected chi connectivity index (χ0v) is 19.7. The third kappa shape index (κ3) is 4.35. The second-order valence-electron chi connectivity index (χ2n) is 8.61. The van der Waals surface area contributed by atoms with Crippen LogP contribution in [0.25, 0.3) is 16.9 Å². The monoisotopic (exact) mass is 472 g/mol. The summed E-state index contributed by atoms with van der Waals surface area (Å²) in [7, 11) is 0. The standard InChI is InChI=1S/C26H28N6O3/c1-2-34-23-15-20(5-6-22(23)31-9-12-33-13-10-31)29-24-25-27-7-8-32(25)17-21(30-24)19-14-18-4-3-11-35-26(18)28-16-19/h5-8,14-17H,2-4,9-13H2,1H3,(H,29,30). The number of anilines is 3. The highest BCUT2D eigenvalue weighted by Crippen LogP contribution is 2.34. The molecule has 0 saturated carbocycles. The van der Waals surface area contributed by atoms with Crippen molar-refractivity contribution in [3.8, 4) is 22.9 Å². The first-order valence-electron chi connectivity index (χ1n) is 12.1. The van der Waals surface area contributed by atoms with Crippen LogP contribution in [0.5, 0.6) is 11.6 Å². The van der Waals surface area contributed by atoms with Crippen LogP contribution in [0, 0.1) is 0 Å². The third-order valence-electron chi connectivity index (χ3n) is 6.30. The maximum atomic E-state index is 6.00. The number of imidazole rings is 1. The Kier molecular flexibility index (Phi) is 5.83. The van der Waals surface area contributed by atoms with Crippen molar-refractivity contribution >= 4 is 22.8 Å². The average Bonchev–Trinajstić information content (AvgIpc) is 3.39. The lowest BCUT2D eigenvalue weighted by molar-refractivity contribution is 0.122. The topological polar surface area (TPSA) is 86.0 Å². The largest absolute Gasteiger partial charge is 0.492 e. The predicted molar refractivity (Wildman–Crippen MR) is 134 cm³/mol. The molecule has 0 radical (unpaired) electrons. The smallest absolute Gasteiger partial charge is 0.216 e. The van der Waals surface area contributed by atoms with Crippen LogP contribution < -0.4 is 19.7 Å². The van der Waals surface area contributed by atoms with Gasteiger partial charge in [0.15, 0.2) is 11.5 Å². The first-order valence-corrected chi connectivity index (χ1v) is 12.1. The summed E-state index contributed by atoms with van der Waals surface area (Å²) in [5.41, 5.74) is 5.60. The van der Waals surface area contributed by atoms with E-state index in [9.17, 15) is 0 Å². The minimum Gasteiger partial charge on any atom is -0.492 e. The molecule has 0 atom stereocenters. The van der Waals surface area contributed by atoms with Gasteiger partial charge in [-0.1, -0.05) is 0 Å². The van der Waals surface area contributed by atoms with Crippen molar-refractivity contribution in [2.24, 2.45) is 0 Å². The molecular weight excluding hydrogens is 444 g/mol. The second-order valence-corrected chi connectivity index (χ2v) is 8.61. The fourth-order valence-corrected chi connectivity index (χ4v) is 4.60. The van der Waals surface area contributed by atoms with Gasteiger partial charge in [0.1, 0.15) is 5.75 Å². The SMILES string of the molecule is CCOc1cc(Nc2nc(-c3cnc4c(c3)CCCO4)cn3ccnc23)ccc1N1CCOCC1. The van der Waals surface area contributed by atoms with Gasteiger partial charge in [-0.05, 0) is 38.0 Å². The molecule has 1 fully saturated rings. The maximum Gasteiger partial charge on any atom is 0.216 e. The van der Waals surface area contributed by atoms with E-state index in [1.54, 1.807) is 6.20 Å². The zero-order valence-electron chi connectivity index (χ0n) is 19.7. The van der Waals surface area contributed by atoms with Gasteiger partial charge in [0.25, 0.3) is 0 Å². The Balaban J connectivity index is 1.35. The molecule has 3 aromatic heterocycles. The quantitative estimate of drug-likeness (QED) is 0.449. The normalized spacial score (nSPS) is 15.5. The number of morpholine rings is 1. The fraction of sp³-hybridized carbons (Fsp3) is 0.346. The van der Waals surface area contributed by atoms with Gasteiger partial charge in [-0.25, -0.2) is 15.0 Å². The molecule has 9 nitrogen and oxygen atoms in total. The molecule has 9 heteroatoms. The predicted octanol–water partition coefficient (Wildman–Crippen LogP) is 4.10. The number of hydrogen-bond donors (Lipinski definition) is 1. The van der Waals surface area contributed by atoms with Crippen molar-refractivity contribution in [1.29, 1.82) is 0 Å². The van der Waals surface area contributed by atoms with E-state index in [2.05, 4.69) is 38.4 Å². The molecule has 2 aliphatic heterocycles. The lowest BCUT2D eigenvalue weighted by Gasteiger charge is -2.30. The molecule has 4 aromatic rings. The van der Waals surface area contributed by atoms with Crippen molar-refractivity contribution in [3.63, 3.8) is 0 Å². The number of ether oxygens (including phenoxy) is 3. The van der Waals surface area contributed by atoms with Gasteiger partial charge in [0.05, 0.1) is 37.8 Å². The molecule has 0 unspecified atom stereocenters. The summed E-state index contributed by atoms with van der Waals surface area (Å²) in [6.45, 7) is 6.47. The third-order valence-corrected chi connectivity index (χ3v) is 6.30. The lowest BCUT2D eigenvalue weighted by Crippen LogP contribution is -2.36. The second kappa shape index (κ2) is 9.42. The number of aromatic nitrogens is 4. The Morgan fingerprint density at radius 3 is 2.91 bits per heavy atom. The Bertz CT molecular complexity index is 1350. The van der Waals surface area contributed by atoms with Crippen LogP contribution in [0.4, 0.5) is 17.2 Å². The number of aryl methyl sites for hydroxylation is 1. The lowest BCUT2D eigenvalue weighted by atomic mass is 10.1. The molecule has 2 aliphatic rings. The summed E-state index contributed by atoms with van der Waals surface area (Å²) < 4.78 is 19.2. The maximum absolute atomic E-state index is 6.00. The first-order chi connectivity index (χ1) is 17.3. The molecule has 5 heterocycles. The summed E-state index contributed by atoms with van der Waals surface area (Å²) in [5.74, 6) is 2.24. The van der Waals surface area contributed by atoms with Gasteiger partial charge in [-0.15, -0.1) is 0 Å². The van der Waals surface area contributed by atoms with E-state index in [1.165, 1.54) is 0 Å². The van der Waals surface area contributed by atoms with E-state index < -0.39 is 0 Å². The number of pyridine rings is 1. The van der Waals surface area contributed by atoms with Crippen LogP contribution in [0.15, 0.2) is 49.1 Å². The molecule has 0 aliphatic carbocycles. The minimum absolute atomic E-state index is 0.591. The minimum atomic E-state index is 0.591. The Morgan fingerprint density at radius 1 is 1.11 bits per heavy atom. The first kappa shape index (κ1) is 21.7. The summed E-state index contributed by atoms with van der Waals surface area (Å²) in [4.78, 5) is 16.3. The van der Waals surface area contributed by atoms with Crippen LogP contribution in [0.3, 0.4) is 0 Å². The molecule has 35 heavy (non-hydrogen) atoms. The highest BCUT2D eigenvalue weighted by molar-refractivity contribution is 5.76. The number of nitrogens with one attached hydrogen (secondary N) is 1. The van der Waals surface area contributed by atoms with E-state index >= 15 is 0 Å².